The molecule has 1 rings (SSSR count). The molecule has 1 unspecified atom stereocenters. The van der Waals surface area contributed by atoms with Gasteiger partial charge >= 0.3 is 6.09 Å². The summed E-state index contributed by atoms with van der Waals surface area (Å²) in [4.78, 5) is 11.5. The van der Waals surface area contributed by atoms with Crippen LogP contribution >= 0.6 is 0 Å². The average molecular weight is 270 g/mol. The Balaban J connectivity index is 2.19. The summed E-state index contributed by atoms with van der Waals surface area (Å²) in [7, 11) is 0. The van der Waals surface area contributed by atoms with Gasteiger partial charge in [0, 0.05) is 18.6 Å². The van der Waals surface area contributed by atoms with E-state index < -0.39 is 5.60 Å². The molecule has 112 valence electrons. The summed E-state index contributed by atoms with van der Waals surface area (Å²) in [5, 5.41) is 6.43. The Bertz CT molecular complexity index is 266. The first-order valence-corrected chi connectivity index (χ1v) is 7.60. The number of hydrogen-bond acceptors (Lipinski definition) is 3. The fourth-order valence-electron chi connectivity index (χ4n) is 2.46. The number of carbonyl (C=O) groups excluding carboxylic acids is 1. The first-order chi connectivity index (χ1) is 8.87. The predicted molar refractivity (Wildman–Crippen MR) is 78.3 cm³/mol. The lowest BCUT2D eigenvalue weighted by Gasteiger charge is -2.24. The van der Waals surface area contributed by atoms with E-state index in [2.05, 4.69) is 17.6 Å². The largest absolute Gasteiger partial charge is 0.444 e. The Hall–Kier alpha value is -0.770. The molecule has 0 spiro atoms. The highest BCUT2D eigenvalue weighted by atomic mass is 16.6. The highest BCUT2D eigenvalue weighted by Gasteiger charge is 2.18. The summed E-state index contributed by atoms with van der Waals surface area (Å²) in [5.41, 5.74) is -0.429. The zero-order chi connectivity index (χ0) is 14.3. The molecule has 4 heteroatoms. The van der Waals surface area contributed by atoms with Crippen molar-refractivity contribution >= 4 is 6.09 Å². The summed E-state index contributed by atoms with van der Waals surface area (Å²) in [6.07, 6.45) is 7.56. The van der Waals surface area contributed by atoms with Crippen molar-refractivity contribution in [2.24, 2.45) is 0 Å². The van der Waals surface area contributed by atoms with Crippen LogP contribution in [-0.2, 0) is 4.74 Å². The summed E-state index contributed by atoms with van der Waals surface area (Å²) < 4.78 is 5.22. The van der Waals surface area contributed by atoms with Crippen LogP contribution in [0.1, 0.15) is 66.2 Å². The van der Waals surface area contributed by atoms with Gasteiger partial charge in [0.05, 0.1) is 0 Å². The van der Waals surface area contributed by atoms with E-state index in [0.717, 1.165) is 0 Å². The van der Waals surface area contributed by atoms with Crippen molar-refractivity contribution in [1.82, 2.24) is 10.6 Å². The third-order valence-electron chi connectivity index (χ3n) is 3.33. The van der Waals surface area contributed by atoms with Crippen molar-refractivity contribution in [3.05, 3.63) is 0 Å². The van der Waals surface area contributed by atoms with Gasteiger partial charge in [-0.25, -0.2) is 4.79 Å². The summed E-state index contributed by atoms with van der Waals surface area (Å²) in [6.45, 7) is 8.35. The average Bonchev–Trinajstić information content (AvgIpc) is 2.53. The lowest BCUT2D eigenvalue weighted by Crippen LogP contribution is -2.44. The zero-order valence-corrected chi connectivity index (χ0v) is 12.9. The van der Waals surface area contributed by atoms with E-state index in [9.17, 15) is 4.79 Å². The van der Waals surface area contributed by atoms with Gasteiger partial charge in [-0.2, -0.15) is 0 Å². The summed E-state index contributed by atoms with van der Waals surface area (Å²) in [5.74, 6) is 0. The number of nitrogens with one attached hydrogen (secondary N) is 2. The Kier molecular flexibility index (Phi) is 6.63. The van der Waals surface area contributed by atoms with Gasteiger partial charge in [0.25, 0.3) is 0 Å². The van der Waals surface area contributed by atoms with Gasteiger partial charge in [-0.3, -0.25) is 0 Å². The number of carbonyl (C=O) groups is 1. The summed E-state index contributed by atoms with van der Waals surface area (Å²) in [6, 6.07) is 0.897. The molecule has 0 aliphatic heterocycles. The molecule has 0 heterocycles. The van der Waals surface area contributed by atoms with Gasteiger partial charge in [-0.1, -0.05) is 25.7 Å². The predicted octanol–water partition coefficient (Wildman–Crippen LogP) is 3.21. The minimum Gasteiger partial charge on any atom is -0.444 e. The fraction of sp³-hybridized carbons (Fsp3) is 0.933. The van der Waals surface area contributed by atoms with Gasteiger partial charge < -0.3 is 15.4 Å². The Morgan fingerprint density at radius 1 is 1.21 bits per heavy atom. The van der Waals surface area contributed by atoms with Gasteiger partial charge in [-0.15, -0.1) is 0 Å². The van der Waals surface area contributed by atoms with Crippen LogP contribution in [0, 0.1) is 0 Å². The highest BCUT2D eigenvalue weighted by molar-refractivity contribution is 5.67. The van der Waals surface area contributed by atoms with Gasteiger partial charge in [-0.05, 0) is 40.5 Å². The van der Waals surface area contributed by atoms with Crippen LogP contribution in [0.3, 0.4) is 0 Å². The normalized spacial score (nSPS) is 19.6. The first kappa shape index (κ1) is 16.3. The maximum absolute atomic E-state index is 11.5. The molecule has 0 aromatic rings. The number of hydrogen-bond donors (Lipinski definition) is 2. The minimum absolute atomic E-state index is 0.288. The van der Waals surface area contributed by atoms with Crippen molar-refractivity contribution < 1.29 is 9.53 Å². The van der Waals surface area contributed by atoms with Crippen molar-refractivity contribution in [2.75, 3.05) is 6.54 Å². The van der Waals surface area contributed by atoms with Gasteiger partial charge in [0.1, 0.15) is 5.60 Å². The van der Waals surface area contributed by atoms with Crippen LogP contribution in [0.2, 0.25) is 0 Å². The van der Waals surface area contributed by atoms with Gasteiger partial charge in [0.15, 0.2) is 0 Å². The standard InChI is InChI=1S/C15H30N2O2/c1-12(11-16-14(18)19-15(2,3)4)17-13-9-7-5-6-8-10-13/h12-13,17H,5-11H2,1-4H3,(H,16,18). The number of rotatable bonds is 4. The van der Waals surface area contributed by atoms with E-state index in [0.29, 0.717) is 12.6 Å². The molecule has 0 aromatic carbocycles. The highest BCUT2D eigenvalue weighted by Crippen LogP contribution is 2.17. The molecule has 0 radical (unpaired) electrons. The molecule has 1 aliphatic rings. The maximum Gasteiger partial charge on any atom is 0.407 e. The van der Waals surface area contributed by atoms with Crippen LogP contribution in [0.15, 0.2) is 0 Å². The molecule has 1 atom stereocenters. The second-order valence-corrected chi connectivity index (χ2v) is 6.64. The Morgan fingerprint density at radius 3 is 2.32 bits per heavy atom. The van der Waals surface area contributed by atoms with E-state index in [4.69, 9.17) is 4.74 Å². The van der Waals surface area contributed by atoms with Crippen molar-refractivity contribution in [1.29, 1.82) is 0 Å². The SMILES string of the molecule is CC(CNC(=O)OC(C)(C)C)NC1CCCCCC1. The molecule has 1 amide bonds. The van der Waals surface area contributed by atoms with E-state index >= 15 is 0 Å². The number of ether oxygens (including phenoxy) is 1. The monoisotopic (exact) mass is 270 g/mol. The van der Waals surface area contributed by atoms with E-state index in [1.54, 1.807) is 0 Å². The van der Waals surface area contributed by atoms with Crippen LogP contribution in [0.5, 0.6) is 0 Å². The summed E-state index contributed by atoms with van der Waals surface area (Å²) >= 11 is 0. The number of alkyl carbamates (subject to hydrolysis) is 1. The van der Waals surface area contributed by atoms with Crippen LogP contribution < -0.4 is 10.6 Å². The lowest BCUT2D eigenvalue weighted by atomic mass is 10.1. The maximum atomic E-state index is 11.5. The number of amides is 1. The minimum atomic E-state index is -0.429. The van der Waals surface area contributed by atoms with Crippen molar-refractivity contribution in [3.63, 3.8) is 0 Å². The second kappa shape index (κ2) is 7.73. The first-order valence-electron chi connectivity index (χ1n) is 7.60. The molecule has 19 heavy (non-hydrogen) atoms. The zero-order valence-electron chi connectivity index (χ0n) is 12.9. The Morgan fingerprint density at radius 2 is 1.79 bits per heavy atom. The van der Waals surface area contributed by atoms with Crippen LogP contribution in [0.4, 0.5) is 4.79 Å². The van der Waals surface area contributed by atoms with E-state index in [1.165, 1.54) is 38.5 Å². The quantitative estimate of drug-likeness (QED) is 0.771. The second-order valence-electron chi connectivity index (χ2n) is 6.64. The van der Waals surface area contributed by atoms with Crippen molar-refractivity contribution in [2.45, 2.75) is 83.9 Å². The topological polar surface area (TPSA) is 50.4 Å². The van der Waals surface area contributed by atoms with E-state index in [-0.39, 0.29) is 12.1 Å². The molecular weight excluding hydrogens is 240 g/mol. The third kappa shape index (κ3) is 8.09. The Labute approximate surface area is 117 Å². The molecule has 0 bridgehead atoms. The van der Waals surface area contributed by atoms with Crippen molar-refractivity contribution in [3.8, 4) is 0 Å². The van der Waals surface area contributed by atoms with Gasteiger partial charge in [0.2, 0.25) is 0 Å². The van der Waals surface area contributed by atoms with Crippen LogP contribution in [0.25, 0.3) is 0 Å². The molecule has 1 saturated carbocycles. The molecule has 1 aliphatic carbocycles. The fourth-order valence-corrected chi connectivity index (χ4v) is 2.46. The molecule has 0 saturated heterocycles. The smallest absolute Gasteiger partial charge is 0.407 e. The molecule has 0 aromatic heterocycles. The molecule has 4 nitrogen and oxygen atoms in total. The third-order valence-corrected chi connectivity index (χ3v) is 3.33. The van der Waals surface area contributed by atoms with Crippen LogP contribution in [-0.4, -0.2) is 30.3 Å². The molecule has 1 fully saturated rings. The van der Waals surface area contributed by atoms with E-state index in [1.807, 2.05) is 20.8 Å². The molecule has 2 N–H and O–H groups in total. The molecular formula is C15H30N2O2. The lowest BCUT2D eigenvalue weighted by molar-refractivity contribution is 0.0522.